The highest BCUT2D eigenvalue weighted by atomic mass is 19.1. The molecule has 5 heteroatoms. The molecule has 102 valence electrons. The molecule has 1 aliphatic rings. The first-order valence-electron chi connectivity index (χ1n) is 6.41. The van der Waals surface area contributed by atoms with Crippen molar-refractivity contribution in [2.75, 3.05) is 18.1 Å². The number of fused-ring (bicyclic) bond motifs is 1. The summed E-state index contributed by atoms with van der Waals surface area (Å²) >= 11 is 0. The van der Waals surface area contributed by atoms with Crippen LogP contribution in [0, 0.1) is 5.82 Å². The van der Waals surface area contributed by atoms with Gasteiger partial charge >= 0.3 is 0 Å². The van der Waals surface area contributed by atoms with Crippen molar-refractivity contribution in [2.45, 2.75) is 25.7 Å². The lowest BCUT2D eigenvalue weighted by Crippen LogP contribution is -2.30. The molecule has 0 unspecified atom stereocenters. The quantitative estimate of drug-likeness (QED) is 0.631. The molecule has 0 aliphatic carbocycles. The van der Waals surface area contributed by atoms with Crippen molar-refractivity contribution >= 4 is 17.4 Å². The summed E-state index contributed by atoms with van der Waals surface area (Å²) < 4.78 is 13.1. The minimum Gasteiger partial charge on any atom is -0.396 e. The number of nitrogens with zero attached hydrogens (tertiary/aromatic N) is 1. The lowest BCUT2D eigenvalue weighted by molar-refractivity contribution is -0.114. The number of aliphatic hydroxyl groups is 1. The number of rotatable bonds is 6. The van der Waals surface area contributed by atoms with Crippen molar-refractivity contribution < 1.29 is 19.1 Å². The van der Waals surface area contributed by atoms with E-state index in [4.69, 9.17) is 5.11 Å². The number of carbonyl (C=O) groups is 2. The molecule has 1 amide bonds. The Morgan fingerprint density at radius 2 is 1.84 bits per heavy atom. The summed E-state index contributed by atoms with van der Waals surface area (Å²) in [6.45, 7) is 0.623. The Morgan fingerprint density at radius 1 is 1.11 bits per heavy atom. The second-order valence-corrected chi connectivity index (χ2v) is 4.59. The van der Waals surface area contributed by atoms with E-state index in [1.807, 2.05) is 0 Å². The van der Waals surface area contributed by atoms with Gasteiger partial charge in [-0.2, -0.15) is 0 Å². The monoisotopic (exact) mass is 265 g/mol. The molecule has 0 radical (unpaired) electrons. The van der Waals surface area contributed by atoms with Crippen LogP contribution in [0.3, 0.4) is 0 Å². The molecule has 1 aromatic rings. The number of halogens is 1. The Labute approximate surface area is 110 Å². The van der Waals surface area contributed by atoms with Crippen LogP contribution in [-0.4, -0.2) is 29.9 Å². The Hall–Kier alpha value is -1.75. The number of unbranched alkanes of at least 4 members (excludes halogenated alkanes) is 3. The molecule has 19 heavy (non-hydrogen) atoms. The SMILES string of the molecule is O=C1C(=O)N(CCCCCCO)c2ccc(F)cc21. The Bertz CT molecular complexity index is 501. The average molecular weight is 265 g/mol. The number of Topliss-reactive ketones (excluding diaryl/α,β-unsaturated/α-hetero) is 1. The number of carbonyl (C=O) groups excluding carboxylic acids is 2. The zero-order chi connectivity index (χ0) is 13.8. The maximum atomic E-state index is 13.1. The number of amides is 1. The Kier molecular flexibility index (Phi) is 4.27. The molecule has 0 aromatic heterocycles. The van der Waals surface area contributed by atoms with Crippen LogP contribution in [0.1, 0.15) is 36.0 Å². The second kappa shape index (κ2) is 5.93. The van der Waals surface area contributed by atoms with Crippen molar-refractivity contribution in [1.29, 1.82) is 0 Å². The molecule has 1 aliphatic heterocycles. The predicted octanol–water partition coefficient (Wildman–Crippen LogP) is 1.91. The third-order valence-electron chi connectivity index (χ3n) is 3.22. The van der Waals surface area contributed by atoms with Gasteiger partial charge in [0.1, 0.15) is 5.82 Å². The zero-order valence-corrected chi connectivity index (χ0v) is 10.6. The average Bonchev–Trinajstić information content (AvgIpc) is 2.63. The summed E-state index contributed by atoms with van der Waals surface area (Å²) in [5, 5.41) is 8.67. The van der Waals surface area contributed by atoms with E-state index in [9.17, 15) is 14.0 Å². The molecule has 1 aromatic carbocycles. The summed E-state index contributed by atoms with van der Waals surface area (Å²) in [5.74, 6) is -1.72. The normalized spacial score (nSPS) is 14.1. The highest BCUT2D eigenvalue weighted by Gasteiger charge is 2.35. The van der Waals surface area contributed by atoms with E-state index >= 15 is 0 Å². The van der Waals surface area contributed by atoms with Crippen molar-refractivity contribution in [2.24, 2.45) is 0 Å². The van der Waals surface area contributed by atoms with E-state index in [0.29, 0.717) is 12.2 Å². The van der Waals surface area contributed by atoms with Crippen LogP contribution >= 0.6 is 0 Å². The molecule has 0 atom stereocenters. The van der Waals surface area contributed by atoms with Gasteiger partial charge in [0.25, 0.3) is 11.7 Å². The van der Waals surface area contributed by atoms with Crippen molar-refractivity contribution in [3.63, 3.8) is 0 Å². The van der Waals surface area contributed by atoms with Crippen LogP contribution in [0.25, 0.3) is 0 Å². The minimum absolute atomic E-state index is 0.153. The number of aliphatic hydroxyl groups excluding tert-OH is 1. The standard InChI is InChI=1S/C14H16FNO3/c15-10-5-6-12-11(9-10)13(18)14(19)16(12)7-3-1-2-4-8-17/h5-6,9,17H,1-4,7-8H2. The van der Waals surface area contributed by atoms with Crippen LogP contribution in [0.5, 0.6) is 0 Å². The van der Waals surface area contributed by atoms with Gasteiger partial charge in [-0.05, 0) is 31.0 Å². The van der Waals surface area contributed by atoms with Crippen molar-refractivity contribution in [3.8, 4) is 0 Å². The molecular formula is C14H16FNO3. The van der Waals surface area contributed by atoms with Gasteiger partial charge in [-0.25, -0.2) is 4.39 Å². The van der Waals surface area contributed by atoms with Crippen molar-refractivity contribution in [3.05, 3.63) is 29.6 Å². The number of anilines is 1. The van der Waals surface area contributed by atoms with Gasteiger partial charge in [0.15, 0.2) is 0 Å². The maximum absolute atomic E-state index is 13.1. The van der Waals surface area contributed by atoms with Gasteiger partial charge in [-0.15, -0.1) is 0 Å². The summed E-state index contributed by atoms with van der Waals surface area (Å²) in [6, 6.07) is 3.84. The van der Waals surface area contributed by atoms with Gasteiger partial charge < -0.3 is 10.0 Å². The molecule has 0 saturated heterocycles. The Morgan fingerprint density at radius 3 is 2.58 bits per heavy atom. The molecule has 0 saturated carbocycles. The molecule has 4 nitrogen and oxygen atoms in total. The highest BCUT2D eigenvalue weighted by molar-refractivity contribution is 6.52. The number of hydrogen-bond acceptors (Lipinski definition) is 3. The van der Waals surface area contributed by atoms with Gasteiger partial charge in [-0.3, -0.25) is 9.59 Å². The van der Waals surface area contributed by atoms with Gasteiger partial charge in [-0.1, -0.05) is 12.8 Å². The highest BCUT2D eigenvalue weighted by Crippen LogP contribution is 2.29. The van der Waals surface area contributed by atoms with E-state index in [0.717, 1.165) is 31.7 Å². The second-order valence-electron chi connectivity index (χ2n) is 4.59. The van der Waals surface area contributed by atoms with Crippen LogP contribution in [-0.2, 0) is 4.79 Å². The third kappa shape index (κ3) is 2.81. The first-order valence-corrected chi connectivity index (χ1v) is 6.41. The lowest BCUT2D eigenvalue weighted by Gasteiger charge is -2.16. The fourth-order valence-electron chi connectivity index (χ4n) is 2.23. The Balaban J connectivity index is 2.02. The summed E-state index contributed by atoms with van der Waals surface area (Å²) in [6.07, 6.45) is 3.28. The molecule has 0 bridgehead atoms. The number of benzene rings is 1. The molecule has 1 N–H and O–H groups in total. The summed E-state index contributed by atoms with van der Waals surface area (Å²) in [5.41, 5.74) is 0.652. The predicted molar refractivity (Wildman–Crippen MR) is 68.6 cm³/mol. The van der Waals surface area contributed by atoms with Gasteiger partial charge in [0.2, 0.25) is 0 Å². The van der Waals surface area contributed by atoms with E-state index in [2.05, 4.69) is 0 Å². The first-order chi connectivity index (χ1) is 9.15. The fourth-order valence-corrected chi connectivity index (χ4v) is 2.23. The molecular weight excluding hydrogens is 249 g/mol. The van der Waals surface area contributed by atoms with Crippen LogP contribution in [0.4, 0.5) is 10.1 Å². The van der Waals surface area contributed by atoms with Crippen LogP contribution in [0.2, 0.25) is 0 Å². The van der Waals surface area contributed by atoms with Crippen molar-refractivity contribution in [1.82, 2.24) is 0 Å². The largest absolute Gasteiger partial charge is 0.396 e. The minimum atomic E-state index is -0.634. The maximum Gasteiger partial charge on any atom is 0.299 e. The summed E-state index contributed by atoms with van der Waals surface area (Å²) in [4.78, 5) is 24.9. The van der Waals surface area contributed by atoms with E-state index in [1.165, 1.54) is 17.0 Å². The zero-order valence-electron chi connectivity index (χ0n) is 10.6. The number of ketones is 1. The van der Waals surface area contributed by atoms with Crippen LogP contribution < -0.4 is 4.90 Å². The topological polar surface area (TPSA) is 57.6 Å². The lowest BCUT2D eigenvalue weighted by atomic mass is 10.1. The molecule has 0 fully saturated rings. The fraction of sp³-hybridized carbons (Fsp3) is 0.429. The molecule has 0 spiro atoms. The van der Waals surface area contributed by atoms with E-state index in [-0.39, 0.29) is 12.2 Å². The summed E-state index contributed by atoms with van der Waals surface area (Å²) in [7, 11) is 0. The molecule has 2 rings (SSSR count). The van der Waals surface area contributed by atoms with Crippen LogP contribution in [0.15, 0.2) is 18.2 Å². The van der Waals surface area contributed by atoms with Gasteiger partial charge in [0.05, 0.1) is 11.3 Å². The molecule has 1 heterocycles. The van der Waals surface area contributed by atoms with E-state index < -0.39 is 17.5 Å². The van der Waals surface area contributed by atoms with Gasteiger partial charge in [0, 0.05) is 13.2 Å². The van der Waals surface area contributed by atoms with E-state index in [1.54, 1.807) is 0 Å². The number of hydrogen-bond donors (Lipinski definition) is 1. The smallest absolute Gasteiger partial charge is 0.299 e. The third-order valence-corrected chi connectivity index (χ3v) is 3.22. The first kappa shape index (κ1) is 13.7.